The van der Waals surface area contributed by atoms with E-state index in [2.05, 4.69) is 9.98 Å². The van der Waals surface area contributed by atoms with Gasteiger partial charge in [-0.25, -0.2) is 18.2 Å². The van der Waals surface area contributed by atoms with Crippen molar-refractivity contribution in [1.82, 2.24) is 4.98 Å². The number of alkyl halides is 2. The molecule has 2 N–H and O–H groups in total. The summed E-state index contributed by atoms with van der Waals surface area (Å²) >= 11 is 0. The number of aromatic nitrogens is 1. The fraction of sp³-hybridized carbons (Fsp3) is 0.333. The van der Waals surface area contributed by atoms with E-state index in [-0.39, 0.29) is 23.5 Å². The zero-order valence-electron chi connectivity index (χ0n) is 16.7. The molecular weight excluding hydrogens is 413 g/mol. The molecule has 0 spiro atoms. The minimum Gasteiger partial charge on any atom is -0.453 e. The van der Waals surface area contributed by atoms with Gasteiger partial charge in [0.1, 0.15) is 29.2 Å². The minimum absolute atomic E-state index is 0.0608. The lowest BCUT2D eigenvalue weighted by Gasteiger charge is -2.41. The molecule has 10 heteroatoms. The summed E-state index contributed by atoms with van der Waals surface area (Å²) in [6.07, 6.45) is -4.89. The van der Waals surface area contributed by atoms with E-state index >= 15 is 0 Å². The Labute approximate surface area is 176 Å². The number of rotatable bonds is 6. The molecule has 3 atom stereocenters. The summed E-state index contributed by atoms with van der Waals surface area (Å²) in [6.45, 7) is 1.41. The molecule has 2 aromatic rings. The number of aliphatic imine (C=N–C) groups is 1. The zero-order valence-corrected chi connectivity index (χ0v) is 16.7. The molecule has 31 heavy (non-hydrogen) atoms. The number of ketones is 1. The highest BCUT2D eigenvalue weighted by Gasteiger charge is 2.51. The summed E-state index contributed by atoms with van der Waals surface area (Å²) < 4.78 is 51.9. The van der Waals surface area contributed by atoms with Crippen molar-refractivity contribution in [3.8, 4) is 6.07 Å². The largest absolute Gasteiger partial charge is 0.453 e. The number of nitriles is 1. The summed E-state index contributed by atoms with van der Waals surface area (Å²) in [5.74, 6) is -1.08. The highest BCUT2D eigenvalue weighted by atomic mass is 19.3. The van der Waals surface area contributed by atoms with Crippen LogP contribution in [-0.4, -0.2) is 42.5 Å². The van der Waals surface area contributed by atoms with Crippen LogP contribution in [0.1, 0.15) is 34.1 Å². The Kier molecular flexibility index (Phi) is 6.27. The Hall–Kier alpha value is -3.45. The maximum absolute atomic E-state index is 14.8. The van der Waals surface area contributed by atoms with Gasteiger partial charge in [-0.3, -0.25) is 9.78 Å². The van der Waals surface area contributed by atoms with Crippen molar-refractivity contribution in [2.24, 2.45) is 10.7 Å². The summed E-state index contributed by atoms with van der Waals surface area (Å²) in [5, 5.41) is 8.82. The molecular formula is C21H19F3N4O3. The van der Waals surface area contributed by atoms with Crippen LogP contribution in [0.2, 0.25) is 0 Å². The molecule has 0 aliphatic carbocycles. The normalized spacial score (nSPS) is 23.1. The number of hydrogen-bond acceptors (Lipinski definition) is 7. The van der Waals surface area contributed by atoms with Crippen LogP contribution in [0.5, 0.6) is 0 Å². The Bertz CT molecular complexity index is 1050. The molecule has 0 unspecified atom stereocenters. The Balaban J connectivity index is 1.96. The van der Waals surface area contributed by atoms with Crippen molar-refractivity contribution < 1.29 is 27.4 Å². The molecule has 2 heterocycles. The van der Waals surface area contributed by atoms with Gasteiger partial charge in [-0.1, -0.05) is 6.07 Å². The van der Waals surface area contributed by atoms with Gasteiger partial charge >= 0.3 is 0 Å². The number of benzene rings is 1. The topological polar surface area (TPSA) is 111 Å². The number of carbonyl (C=O) groups excluding carboxylic acids is 1. The average molecular weight is 432 g/mol. The molecule has 0 saturated heterocycles. The predicted molar refractivity (Wildman–Crippen MR) is 104 cm³/mol. The van der Waals surface area contributed by atoms with Crippen molar-refractivity contribution in [2.45, 2.75) is 37.5 Å². The van der Waals surface area contributed by atoms with Crippen molar-refractivity contribution in [2.75, 3.05) is 7.11 Å². The fourth-order valence-electron chi connectivity index (χ4n) is 3.57. The van der Waals surface area contributed by atoms with Crippen LogP contribution in [0, 0.1) is 17.1 Å². The molecule has 1 aliphatic heterocycles. The summed E-state index contributed by atoms with van der Waals surface area (Å²) in [5.41, 5.74) is 4.77. The molecule has 0 fully saturated rings. The number of nitrogens with two attached hydrogens (primary N) is 1. The maximum Gasteiger partial charge on any atom is 0.283 e. The van der Waals surface area contributed by atoms with Crippen LogP contribution >= 0.6 is 0 Å². The van der Waals surface area contributed by atoms with E-state index in [9.17, 15) is 18.0 Å². The predicted octanol–water partition coefficient (Wildman–Crippen LogP) is 2.73. The van der Waals surface area contributed by atoms with Gasteiger partial charge in [0.15, 0.2) is 11.9 Å². The average Bonchev–Trinajstić information content (AvgIpc) is 2.74. The number of amidine groups is 1. The van der Waals surface area contributed by atoms with E-state index in [4.69, 9.17) is 20.5 Å². The van der Waals surface area contributed by atoms with Crippen LogP contribution in [0.15, 0.2) is 41.5 Å². The first kappa shape index (κ1) is 22.2. The van der Waals surface area contributed by atoms with Gasteiger partial charge in [0, 0.05) is 25.3 Å². The van der Waals surface area contributed by atoms with Crippen molar-refractivity contribution in [3.05, 3.63) is 64.7 Å². The van der Waals surface area contributed by atoms with Gasteiger partial charge in [-0.05, 0) is 36.8 Å². The van der Waals surface area contributed by atoms with E-state index in [1.165, 1.54) is 44.5 Å². The Morgan fingerprint density at radius 1 is 1.39 bits per heavy atom. The first-order valence-corrected chi connectivity index (χ1v) is 9.20. The summed E-state index contributed by atoms with van der Waals surface area (Å²) in [4.78, 5) is 20.6. The van der Waals surface area contributed by atoms with Crippen LogP contribution in [0.3, 0.4) is 0 Å². The van der Waals surface area contributed by atoms with E-state index in [1.54, 1.807) is 0 Å². The van der Waals surface area contributed by atoms with Crippen molar-refractivity contribution >= 4 is 11.8 Å². The van der Waals surface area contributed by atoms with Gasteiger partial charge in [0.05, 0.1) is 5.56 Å². The maximum atomic E-state index is 14.8. The van der Waals surface area contributed by atoms with Crippen LogP contribution in [0.4, 0.5) is 13.2 Å². The first-order chi connectivity index (χ1) is 14.7. The number of halogens is 3. The molecule has 1 aromatic heterocycles. The van der Waals surface area contributed by atoms with Crippen molar-refractivity contribution in [1.29, 1.82) is 5.26 Å². The van der Waals surface area contributed by atoms with Crippen molar-refractivity contribution in [3.63, 3.8) is 0 Å². The number of Topliss-reactive ketones (excluding diaryl/α,β-unsaturated/α-hetero) is 1. The van der Waals surface area contributed by atoms with Crippen LogP contribution < -0.4 is 5.73 Å². The highest BCUT2D eigenvalue weighted by Crippen LogP contribution is 2.39. The lowest BCUT2D eigenvalue weighted by Crippen LogP contribution is -2.55. The summed E-state index contributed by atoms with van der Waals surface area (Å²) in [6, 6.07) is 8.18. The third kappa shape index (κ3) is 4.36. The van der Waals surface area contributed by atoms with E-state index in [0.717, 1.165) is 6.07 Å². The molecule has 1 aliphatic rings. The fourth-order valence-corrected chi connectivity index (χ4v) is 3.57. The molecule has 7 nitrogen and oxygen atoms in total. The van der Waals surface area contributed by atoms with Gasteiger partial charge < -0.3 is 15.2 Å². The second-order valence-electron chi connectivity index (χ2n) is 7.13. The highest BCUT2D eigenvalue weighted by molar-refractivity contribution is 5.95. The number of hydrogen-bond donors (Lipinski definition) is 1. The second kappa shape index (κ2) is 8.73. The number of methoxy groups -OCH3 is 1. The molecule has 3 rings (SSSR count). The smallest absolute Gasteiger partial charge is 0.283 e. The quantitative estimate of drug-likeness (QED) is 0.703. The molecule has 0 amide bonds. The van der Waals surface area contributed by atoms with Crippen LogP contribution in [0.25, 0.3) is 0 Å². The molecule has 162 valence electrons. The number of pyridine rings is 1. The number of carbonyl (C=O) groups is 1. The van der Waals surface area contributed by atoms with E-state index < -0.39 is 36.0 Å². The van der Waals surface area contributed by atoms with Gasteiger partial charge in [0.25, 0.3) is 12.4 Å². The van der Waals surface area contributed by atoms with E-state index in [0.29, 0.717) is 11.1 Å². The van der Waals surface area contributed by atoms with Gasteiger partial charge in [-0.15, -0.1) is 0 Å². The van der Waals surface area contributed by atoms with Crippen LogP contribution in [-0.2, 0) is 21.4 Å². The second-order valence-corrected chi connectivity index (χ2v) is 7.13. The third-order valence-corrected chi connectivity index (χ3v) is 5.07. The molecule has 0 radical (unpaired) electrons. The zero-order chi connectivity index (χ0) is 22.8. The Morgan fingerprint density at radius 2 is 2.13 bits per heavy atom. The van der Waals surface area contributed by atoms with Gasteiger partial charge in [-0.2, -0.15) is 5.26 Å². The third-order valence-electron chi connectivity index (χ3n) is 5.07. The molecule has 1 aromatic carbocycles. The van der Waals surface area contributed by atoms with E-state index in [1.807, 2.05) is 6.07 Å². The Morgan fingerprint density at radius 3 is 2.71 bits per heavy atom. The lowest BCUT2D eigenvalue weighted by molar-refractivity contribution is -0.121. The lowest BCUT2D eigenvalue weighted by atomic mass is 9.82. The monoisotopic (exact) mass is 432 g/mol. The first-order valence-electron chi connectivity index (χ1n) is 9.20. The molecule has 0 bridgehead atoms. The standard InChI is InChI=1S/C21H19F3N4O3/c1-21(18(30-2)17(19(23)24)31-20(26)28-21)13-7-11(3-5-14(13)22)8-16(29)15-6-4-12(9-25)10-27-15/h3-7,10,17-19H,8H2,1-2H3,(H2,26,28)/t17-,18-,21+/m1/s1. The number of nitrogens with zero attached hydrogens (tertiary/aromatic N) is 3. The summed E-state index contributed by atoms with van der Waals surface area (Å²) in [7, 11) is 1.19. The number of ether oxygens (including phenoxy) is 2. The molecule has 0 saturated carbocycles. The minimum atomic E-state index is -2.95. The SMILES string of the molecule is CO[C@@H]1[C@H](C(F)F)OC(N)=N[C@@]1(C)c1cc(CC(=O)c2ccc(C#N)cn2)ccc1F. The van der Waals surface area contributed by atoms with Gasteiger partial charge in [0.2, 0.25) is 0 Å².